The number of amides is 2. The van der Waals surface area contributed by atoms with Crippen molar-refractivity contribution in [2.45, 2.75) is 25.9 Å². The molecule has 0 fully saturated rings. The van der Waals surface area contributed by atoms with Gasteiger partial charge in [0.05, 0.1) is 26.0 Å². The summed E-state index contributed by atoms with van der Waals surface area (Å²) in [5.41, 5.74) is 0. The van der Waals surface area contributed by atoms with Crippen LogP contribution in [0.4, 0.5) is 0 Å². The summed E-state index contributed by atoms with van der Waals surface area (Å²) in [4.78, 5) is 27.2. The average molecular weight is 347 g/mol. The van der Waals surface area contributed by atoms with E-state index in [9.17, 15) is 9.59 Å². The molecule has 2 N–H and O–H groups in total. The van der Waals surface area contributed by atoms with Crippen molar-refractivity contribution in [1.82, 2.24) is 10.6 Å². The number of oxime groups is 1. The first-order chi connectivity index (χ1) is 11.6. The van der Waals surface area contributed by atoms with Gasteiger partial charge in [-0.2, -0.15) is 0 Å². The van der Waals surface area contributed by atoms with Gasteiger partial charge in [-0.25, -0.2) is 0 Å². The molecule has 9 nitrogen and oxygen atoms in total. The lowest BCUT2D eigenvalue weighted by molar-refractivity contribution is -0.130. The molecule has 0 radical (unpaired) electrons. The Labute approximate surface area is 143 Å². The Kier molecular flexibility index (Phi) is 15.0. The fourth-order valence-electron chi connectivity index (χ4n) is 1.61. The second-order valence-electron chi connectivity index (χ2n) is 4.96. The Balaban J connectivity index is 3.50. The van der Waals surface area contributed by atoms with Gasteiger partial charge in [0.15, 0.2) is 0 Å². The van der Waals surface area contributed by atoms with Crippen LogP contribution in [0.5, 0.6) is 0 Å². The molecular weight excluding hydrogens is 318 g/mol. The van der Waals surface area contributed by atoms with Crippen molar-refractivity contribution in [1.29, 1.82) is 0 Å². The summed E-state index contributed by atoms with van der Waals surface area (Å²) in [5.74, 6) is -0.293. The number of hydrogen-bond acceptors (Lipinski definition) is 7. The summed E-state index contributed by atoms with van der Waals surface area (Å²) in [6, 6.07) is 0. The summed E-state index contributed by atoms with van der Waals surface area (Å²) in [5, 5.41) is 9.01. The third-order valence-corrected chi connectivity index (χ3v) is 2.73. The Bertz CT molecular complexity index is 359. The minimum atomic E-state index is -0.255. The first kappa shape index (κ1) is 22.3. The van der Waals surface area contributed by atoms with Crippen LogP contribution in [0.1, 0.15) is 19.8 Å². The van der Waals surface area contributed by atoms with Crippen LogP contribution in [0.2, 0.25) is 0 Å². The molecule has 0 heterocycles. The first-order valence-electron chi connectivity index (χ1n) is 7.84. The number of ether oxygens (including phenoxy) is 3. The highest BCUT2D eigenvalue weighted by atomic mass is 16.6. The van der Waals surface area contributed by atoms with E-state index in [-0.39, 0.29) is 24.5 Å². The van der Waals surface area contributed by atoms with Crippen LogP contribution in [-0.2, 0) is 28.6 Å². The third-order valence-electron chi connectivity index (χ3n) is 2.73. The van der Waals surface area contributed by atoms with E-state index in [0.717, 1.165) is 12.8 Å². The maximum Gasteiger partial charge on any atom is 0.246 e. The number of methoxy groups -OCH3 is 2. The van der Waals surface area contributed by atoms with Gasteiger partial charge in [0.25, 0.3) is 0 Å². The van der Waals surface area contributed by atoms with Crippen molar-refractivity contribution < 1.29 is 28.6 Å². The van der Waals surface area contributed by atoms with Crippen molar-refractivity contribution in [3.8, 4) is 0 Å². The van der Waals surface area contributed by atoms with Crippen LogP contribution in [0.3, 0.4) is 0 Å². The smallest absolute Gasteiger partial charge is 0.246 e. The SMILES string of the molecule is COCC(COC)OCC(=O)NCCCCO/N=C\CNC(C)=O. The van der Waals surface area contributed by atoms with Crippen LogP contribution in [0.25, 0.3) is 0 Å². The predicted octanol–water partition coefficient (Wildman–Crippen LogP) is -0.301. The fraction of sp³-hybridized carbons (Fsp3) is 0.800. The number of nitrogens with zero attached hydrogens (tertiary/aromatic N) is 1. The van der Waals surface area contributed by atoms with Gasteiger partial charge in [0.1, 0.15) is 19.3 Å². The Morgan fingerprint density at radius 3 is 2.46 bits per heavy atom. The van der Waals surface area contributed by atoms with Crippen molar-refractivity contribution in [3.05, 3.63) is 0 Å². The number of hydrogen-bond donors (Lipinski definition) is 2. The molecule has 0 aromatic rings. The first-order valence-corrected chi connectivity index (χ1v) is 7.84. The molecule has 0 spiro atoms. The third kappa shape index (κ3) is 15.2. The number of rotatable bonds is 15. The fourth-order valence-corrected chi connectivity index (χ4v) is 1.61. The summed E-state index contributed by atoms with van der Waals surface area (Å²) < 4.78 is 15.4. The van der Waals surface area contributed by atoms with E-state index in [1.165, 1.54) is 13.1 Å². The summed E-state index contributed by atoms with van der Waals surface area (Å²) in [7, 11) is 3.14. The standard InChI is InChI=1S/C15H29N3O6/c1-13(19)16-7-8-18-24-9-5-4-6-17-15(20)12-23-14(10-21-2)11-22-3/h8,14H,4-7,9-12H2,1-3H3,(H,16,19)(H,17,20)/b18-8-. The topological polar surface area (TPSA) is 107 Å². The van der Waals surface area contributed by atoms with Gasteiger partial charge in [0.2, 0.25) is 11.8 Å². The lowest BCUT2D eigenvalue weighted by atomic mass is 10.3. The van der Waals surface area contributed by atoms with Crippen molar-refractivity contribution in [3.63, 3.8) is 0 Å². The van der Waals surface area contributed by atoms with Gasteiger partial charge >= 0.3 is 0 Å². The zero-order chi connectivity index (χ0) is 18.0. The van der Waals surface area contributed by atoms with Gasteiger partial charge in [-0.05, 0) is 12.8 Å². The molecular formula is C15H29N3O6. The van der Waals surface area contributed by atoms with E-state index in [4.69, 9.17) is 19.0 Å². The highest BCUT2D eigenvalue weighted by Gasteiger charge is 2.10. The molecule has 9 heteroatoms. The van der Waals surface area contributed by atoms with Gasteiger partial charge in [0, 0.05) is 27.7 Å². The molecule has 0 unspecified atom stereocenters. The molecule has 0 aliphatic carbocycles. The molecule has 0 bridgehead atoms. The second-order valence-corrected chi connectivity index (χ2v) is 4.96. The van der Waals surface area contributed by atoms with E-state index in [1.54, 1.807) is 14.2 Å². The van der Waals surface area contributed by atoms with Crippen molar-refractivity contribution >= 4 is 18.0 Å². The number of unbranched alkanes of at least 4 members (excludes halogenated alkanes) is 1. The van der Waals surface area contributed by atoms with Crippen LogP contribution < -0.4 is 10.6 Å². The summed E-state index contributed by atoms with van der Waals surface area (Å²) >= 11 is 0. The monoisotopic (exact) mass is 347 g/mol. The molecule has 0 rings (SSSR count). The highest BCUT2D eigenvalue weighted by molar-refractivity contribution is 5.77. The lowest BCUT2D eigenvalue weighted by Gasteiger charge is -2.15. The van der Waals surface area contributed by atoms with Gasteiger partial charge in [-0.15, -0.1) is 0 Å². The van der Waals surface area contributed by atoms with Crippen LogP contribution in [0, 0.1) is 0 Å². The van der Waals surface area contributed by atoms with Crippen molar-refractivity contribution in [2.24, 2.45) is 5.16 Å². The average Bonchev–Trinajstić information content (AvgIpc) is 2.54. The molecule has 0 aliphatic rings. The Hall–Kier alpha value is -1.71. The van der Waals surface area contributed by atoms with E-state index in [2.05, 4.69) is 15.8 Å². The second kappa shape index (κ2) is 16.2. The van der Waals surface area contributed by atoms with E-state index in [0.29, 0.717) is 32.9 Å². The van der Waals surface area contributed by atoms with Crippen LogP contribution in [-0.4, -0.2) is 77.9 Å². The zero-order valence-electron chi connectivity index (χ0n) is 14.7. The van der Waals surface area contributed by atoms with Crippen LogP contribution in [0.15, 0.2) is 5.16 Å². The molecule has 0 aliphatic heterocycles. The molecule has 0 saturated heterocycles. The minimum absolute atomic E-state index is 0.0265. The maximum atomic E-state index is 11.6. The van der Waals surface area contributed by atoms with Crippen LogP contribution >= 0.6 is 0 Å². The highest BCUT2D eigenvalue weighted by Crippen LogP contribution is 1.94. The molecule has 140 valence electrons. The molecule has 2 amide bonds. The summed E-state index contributed by atoms with van der Waals surface area (Å²) in [6.45, 7) is 3.50. The number of carbonyl (C=O) groups excluding carboxylic acids is 2. The normalized spacial score (nSPS) is 11.0. The van der Waals surface area contributed by atoms with Crippen molar-refractivity contribution in [2.75, 3.05) is 53.7 Å². The Morgan fingerprint density at radius 1 is 1.12 bits per heavy atom. The number of carbonyl (C=O) groups is 2. The summed E-state index contributed by atoms with van der Waals surface area (Å²) in [6.07, 6.45) is 2.76. The van der Waals surface area contributed by atoms with E-state index >= 15 is 0 Å². The lowest BCUT2D eigenvalue weighted by Crippen LogP contribution is -2.33. The van der Waals surface area contributed by atoms with E-state index < -0.39 is 0 Å². The minimum Gasteiger partial charge on any atom is -0.396 e. The molecule has 0 aromatic heterocycles. The Morgan fingerprint density at radius 2 is 1.83 bits per heavy atom. The van der Waals surface area contributed by atoms with Gasteiger partial charge < -0.3 is 29.7 Å². The van der Waals surface area contributed by atoms with Gasteiger partial charge in [-0.3, -0.25) is 9.59 Å². The predicted molar refractivity (Wildman–Crippen MR) is 88.9 cm³/mol. The molecule has 0 aromatic carbocycles. The van der Waals surface area contributed by atoms with Gasteiger partial charge in [-0.1, -0.05) is 5.16 Å². The van der Waals surface area contributed by atoms with E-state index in [1.807, 2.05) is 0 Å². The molecule has 0 atom stereocenters. The molecule has 24 heavy (non-hydrogen) atoms. The molecule has 0 saturated carbocycles. The zero-order valence-corrected chi connectivity index (χ0v) is 14.7. The number of nitrogens with one attached hydrogen (secondary N) is 2. The largest absolute Gasteiger partial charge is 0.396 e. The maximum absolute atomic E-state index is 11.6. The quantitative estimate of drug-likeness (QED) is 0.239.